The number of rotatable bonds is 6. The zero-order chi connectivity index (χ0) is 25.0. The second-order valence-corrected chi connectivity index (χ2v) is 9.70. The maximum Gasteiger partial charge on any atom is 0.410 e. The van der Waals surface area contributed by atoms with Crippen LogP contribution in [-0.2, 0) is 20.7 Å². The molecule has 1 aliphatic rings. The molecule has 0 spiro atoms. The molecule has 0 unspecified atom stereocenters. The van der Waals surface area contributed by atoms with E-state index in [9.17, 15) is 9.59 Å². The quantitative estimate of drug-likeness (QED) is 0.467. The summed E-state index contributed by atoms with van der Waals surface area (Å²) in [5.74, 6) is 1.27. The summed E-state index contributed by atoms with van der Waals surface area (Å²) < 4.78 is 18.6. The van der Waals surface area contributed by atoms with Crippen LogP contribution in [0.4, 0.5) is 4.79 Å². The molecule has 1 amide bonds. The van der Waals surface area contributed by atoms with Gasteiger partial charge in [-0.25, -0.2) is 9.78 Å². The fraction of sp³-hybridized carbons (Fsp3) is 0.444. The van der Waals surface area contributed by atoms with Gasteiger partial charge in [-0.15, -0.1) is 0 Å². The summed E-state index contributed by atoms with van der Waals surface area (Å²) in [4.78, 5) is 30.4. The average Bonchev–Trinajstić information content (AvgIpc) is 3.22. The minimum atomic E-state index is -0.492. The van der Waals surface area contributed by atoms with Gasteiger partial charge >= 0.3 is 12.1 Å². The Labute approximate surface area is 205 Å². The Morgan fingerprint density at radius 1 is 1.09 bits per heavy atom. The molecule has 4 rings (SSSR count). The average molecular weight is 480 g/mol. The fourth-order valence-corrected chi connectivity index (χ4v) is 4.14. The number of fused-ring (bicyclic) bond motifs is 1. The molecule has 1 fully saturated rings. The van der Waals surface area contributed by atoms with E-state index in [1.165, 1.54) is 0 Å². The third-order valence-electron chi connectivity index (χ3n) is 5.77. The normalized spacial score (nSPS) is 14.7. The van der Waals surface area contributed by atoms with Crippen LogP contribution in [0.1, 0.15) is 46.1 Å². The molecule has 35 heavy (non-hydrogen) atoms. The van der Waals surface area contributed by atoms with E-state index in [1.54, 1.807) is 18.0 Å². The largest absolute Gasteiger partial charge is 0.489 e. The summed E-state index contributed by atoms with van der Waals surface area (Å²) in [6, 6.07) is 11.8. The van der Waals surface area contributed by atoms with Crippen molar-refractivity contribution >= 4 is 23.0 Å². The molecule has 3 aromatic rings. The molecule has 0 aliphatic carbocycles. The summed E-state index contributed by atoms with van der Waals surface area (Å²) >= 11 is 0. The molecule has 2 aromatic heterocycles. The van der Waals surface area contributed by atoms with Gasteiger partial charge in [0.1, 0.15) is 23.3 Å². The lowest BCUT2D eigenvalue weighted by Gasteiger charge is -2.33. The highest BCUT2D eigenvalue weighted by Gasteiger charge is 2.27. The Bertz CT molecular complexity index is 1170. The van der Waals surface area contributed by atoms with Crippen molar-refractivity contribution in [2.24, 2.45) is 0 Å². The molecule has 1 aliphatic heterocycles. The number of benzene rings is 1. The molecule has 1 saturated heterocycles. The number of aromatic nitrogens is 2. The van der Waals surface area contributed by atoms with Crippen LogP contribution in [0.2, 0.25) is 0 Å². The molecule has 1 aromatic carbocycles. The van der Waals surface area contributed by atoms with E-state index in [0.29, 0.717) is 25.4 Å². The van der Waals surface area contributed by atoms with Gasteiger partial charge in [-0.2, -0.15) is 0 Å². The summed E-state index contributed by atoms with van der Waals surface area (Å²) in [6.07, 6.45) is 5.22. The number of ether oxygens (including phenoxy) is 3. The van der Waals surface area contributed by atoms with Crippen LogP contribution in [0.5, 0.6) is 5.75 Å². The summed E-state index contributed by atoms with van der Waals surface area (Å²) in [6.45, 7) is 9.03. The third-order valence-corrected chi connectivity index (χ3v) is 5.77. The molecule has 0 N–H and O–H groups in total. The lowest BCUT2D eigenvalue weighted by atomic mass is 10.1. The van der Waals surface area contributed by atoms with Crippen LogP contribution in [0, 0.1) is 0 Å². The Kier molecular flexibility index (Phi) is 7.28. The summed E-state index contributed by atoms with van der Waals surface area (Å²) in [5.41, 5.74) is 1.43. The number of piperidine rings is 1. The lowest BCUT2D eigenvalue weighted by Crippen LogP contribution is -2.44. The highest BCUT2D eigenvalue weighted by molar-refractivity contribution is 5.84. The Morgan fingerprint density at radius 2 is 1.86 bits per heavy atom. The van der Waals surface area contributed by atoms with Gasteiger partial charge in [0.25, 0.3) is 0 Å². The van der Waals surface area contributed by atoms with Gasteiger partial charge in [0.2, 0.25) is 0 Å². The second-order valence-electron chi connectivity index (χ2n) is 9.70. The predicted octanol–water partition coefficient (Wildman–Crippen LogP) is 4.91. The molecule has 0 atom stereocenters. The molecule has 0 bridgehead atoms. The number of carbonyl (C=O) groups excluding carboxylic acids is 2. The van der Waals surface area contributed by atoms with E-state index < -0.39 is 5.60 Å². The molecule has 3 heterocycles. The highest BCUT2D eigenvalue weighted by Crippen LogP contribution is 2.24. The molecule has 8 heteroatoms. The fourth-order valence-electron chi connectivity index (χ4n) is 4.14. The van der Waals surface area contributed by atoms with E-state index >= 15 is 0 Å². The van der Waals surface area contributed by atoms with E-state index in [-0.39, 0.29) is 24.6 Å². The highest BCUT2D eigenvalue weighted by atomic mass is 16.6. The first-order valence-corrected chi connectivity index (χ1v) is 12.1. The van der Waals surface area contributed by atoms with Crippen LogP contribution in [-0.4, -0.2) is 57.9 Å². The van der Waals surface area contributed by atoms with Gasteiger partial charge in [-0.1, -0.05) is 6.07 Å². The predicted molar refractivity (Wildman–Crippen MR) is 133 cm³/mol. The van der Waals surface area contributed by atoms with Crippen molar-refractivity contribution in [3.05, 3.63) is 54.4 Å². The first kappa shape index (κ1) is 24.6. The third kappa shape index (κ3) is 6.32. The minimum absolute atomic E-state index is 0.0339. The van der Waals surface area contributed by atoms with Crippen LogP contribution < -0.4 is 4.74 Å². The number of nitrogens with zero attached hydrogens (tertiary/aromatic N) is 3. The monoisotopic (exact) mass is 479 g/mol. The van der Waals surface area contributed by atoms with Crippen molar-refractivity contribution in [3.8, 4) is 11.6 Å². The van der Waals surface area contributed by atoms with Gasteiger partial charge in [0.05, 0.1) is 24.7 Å². The van der Waals surface area contributed by atoms with Crippen molar-refractivity contribution in [2.45, 2.75) is 58.7 Å². The Hall–Kier alpha value is -3.55. The molecule has 186 valence electrons. The van der Waals surface area contributed by atoms with Gasteiger partial charge in [0, 0.05) is 37.5 Å². The van der Waals surface area contributed by atoms with Crippen molar-refractivity contribution in [2.75, 3.05) is 19.7 Å². The molecule has 0 radical (unpaired) electrons. The zero-order valence-electron chi connectivity index (χ0n) is 20.8. The van der Waals surface area contributed by atoms with Crippen LogP contribution in [0.3, 0.4) is 0 Å². The first-order chi connectivity index (χ1) is 16.7. The molecular weight excluding hydrogens is 446 g/mol. The zero-order valence-corrected chi connectivity index (χ0v) is 20.8. The number of carbonyl (C=O) groups is 2. The topological polar surface area (TPSA) is 82.9 Å². The second kappa shape index (κ2) is 10.4. The van der Waals surface area contributed by atoms with Crippen LogP contribution in [0.25, 0.3) is 16.7 Å². The SMILES string of the molecule is CCOC(=O)Cc1ccc2c(ccn2-c2ccc(OC3CCN(C(=O)OC(C)(C)C)CC3)cn2)c1. The van der Waals surface area contributed by atoms with Crippen molar-refractivity contribution in [1.82, 2.24) is 14.5 Å². The minimum Gasteiger partial charge on any atom is -0.489 e. The number of esters is 1. The van der Waals surface area contributed by atoms with E-state index in [4.69, 9.17) is 14.2 Å². The number of hydrogen-bond donors (Lipinski definition) is 0. The Morgan fingerprint density at radius 3 is 2.51 bits per heavy atom. The maximum atomic E-state index is 12.2. The number of amides is 1. The number of pyridine rings is 1. The van der Waals surface area contributed by atoms with Crippen LogP contribution in [0.15, 0.2) is 48.8 Å². The number of hydrogen-bond acceptors (Lipinski definition) is 6. The first-order valence-electron chi connectivity index (χ1n) is 12.1. The van der Waals surface area contributed by atoms with Crippen molar-refractivity contribution in [3.63, 3.8) is 0 Å². The van der Waals surface area contributed by atoms with Gasteiger partial charge < -0.3 is 23.7 Å². The number of likely N-dealkylation sites (tertiary alicyclic amines) is 1. The van der Waals surface area contributed by atoms with E-state index in [2.05, 4.69) is 4.98 Å². The molecular formula is C27H33N3O5. The smallest absolute Gasteiger partial charge is 0.410 e. The van der Waals surface area contributed by atoms with E-state index in [0.717, 1.165) is 35.1 Å². The Balaban J connectivity index is 1.35. The summed E-state index contributed by atoms with van der Waals surface area (Å²) in [5, 5.41) is 1.03. The standard InChI is InChI=1S/C27H33N3O5/c1-5-33-25(31)17-19-6-8-23-20(16-19)10-15-30(23)24-9-7-22(18-28-24)34-21-11-13-29(14-12-21)26(32)35-27(2,3)4/h6-10,15-16,18,21H,5,11-14,17H2,1-4H3. The maximum absolute atomic E-state index is 12.2. The summed E-state index contributed by atoms with van der Waals surface area (Å²) in [7, 11) is 0. The molecule has 8 nitrogen and oxygen atoms in total. The van der Waals surface area contributed by atoms with Gasteiger partial charge in [-0.05, 0) is 63.6 Å². The van der Waals surface area contributed by atoms with Crippen molar-refractivity contribution in [1.29, 1.82) is 0 Å². The lowest BCUT2D eigenvalue weighted by molar-refractivity contribution is -0.142. The van der Waals surface area contributed by atoms with Gasteiger partial charge in [0.15, 0.2) is 0 Å². The molecule has 0 saturated carbocycles. The van der Waals surface area contributed by atoms with E-state index in [1.807, 2.05) is 67.9 Å². The van der Waals surface area contributed by atoms with Crippen LogP contribution >= 0.6 is 0 Å². The van der Waals surface area contributed by atoms with Crippen molar-refractivity contribution < 1.29 is 23.8 Å². The van der Waals surface area contributed by atoms with Gasteiger partial charge in [-0.3, -0.25) is 4.79 Å².